The van der Waals surface area contributed by atoms with Crippen molar-refractivity contribution in [2.24, 2.45) is 0 Å². The molecule has 2 aromatic rings. The van der Waals surface area contributed by atoms with E-state index in [1.807, 2.05) is 0 Å². The van der Waals surface area contributed by atoms with Crippen molar-refractivity contribution in [3.05, 3.63) is 58.7 Å². The molecule has 0 spiro atoms. The van der Waals surface area contributed by atoms with Gasteiger partial charge in [-0.15, -0.1) is 0 Å². The maximum atomic E-state index is 14.2. The Morgan fingerprint density at radius 2 is 1.64 bits per heavy atom. The van der Waals surface area contributed by atoms with E-state index in [0.29, 0.717) is 12.0 Å². The van der Waals surface area contributed by atoms with Gasteiger partial charge in [0.15, 0.2) is 23.1 Å². The van der Waals surface area contributed by atoms with Crippen LogP contribution in [0, 0.1) is 11.6 Å². The summed E-state index contributed by atoms with van der Waals surface area (Å²) in [6, 6.07) is 7.40. The SMILES string of the molecule is Oc1cc(C2=C(CCCCCCBr)c3c(ccc(F)c3O)CCC2)ccc1F. The van der Waals surface area contributed by atoms with Crippen molar-refractivity contribution in [1.82, 2.24) is 0 Å². The molecule has 0 fully saturated rings. The van der Waals surface area contributed by atoms with E-state index in [-0.39, 0.29) is 5.75 Å². The number of alkyl halides is 1. The summed E-state index contributed by atoms with van der Waals surface area (Å²) in [5.74, 6) is -1.99. The normalized spacial score (nSPS) is 14.1. The van der Waals surface area contributed by atoms with Crippen molar-refractivity contribution in [1.29, 1.82) is 0 Å². The molecule has 150 valence electrons. The van der Waals surface area contributed by atoms with E-state index in [4.69, 9.17) is 0 Å². The number of halogens is 3. The van der Waals surface area contributed by atoms with Gasteiger partial charge in [-0.1, -0.05) is 40.9 Å². The van der Waals surface area contributed by atoms with Gasteiger partial charge >= 0.3 is 0 Å². The Balaban J connectivity index is 2.07. The molecule has 0 radical (unpaired) electrons. The maximum absolute atomic E-state index is 14.2. The molecule has 0 saturated heterocycles. The van der Waals surface area contributed by atoms with Crippen molar-refractivity contribution < 1.29 is 19.0 Å². The number of hydrogen-bond acceptors (Lipinski definition) is 2. The van der Waals surface area contributed by atoms with Crippen molar-refractivity contribution in [2.45, 2.75) is 51.4 Å². The van der Waals surface area contributed by atoms with Crippen LogP contribution < -0.4 is 0 Å². The Hall–Kier alpha value is -1.88. The van der Waals surface area contributed by atoms with Gasteiger partial charge < -0.3 is 10.2 Å². The number of aryl methyl sites for hydroxylation is 1. The summed E-state index contributed by atoms with van der Waals surface area (Å²) < 4.78 is 27.7. The summed E-state index contributed by atoms with van der Waals surface area (Å²) in [5, 5.41) is 21.3. The Morgan fingerprint density at radius 3 is 2.39 bits per heavy atom. The first-order chi connectivity index (χ1) is 13.5. The standard InChI is InChI=1S/C23H25BrF2O2/c24-13-4-2-1-3-7-18-17(16-10-11-19(25)21(27)14-16)8-5-6-15-9-12-20(26)23(28)22(15)18/h9-12,14,27-28H,1-8,13H2. The van der Waals surface area contributed by atoms with E-state index in [0.717, 1.165) is 72.5 Å². The second-order valence-corrected chi connectivity index (χ2v) is 8.05. The molecular weight excluding hydrogens is 426 g/mol. The van der Waals surface area contributed by atoms with Crippen LogP contribution in [0.25, 0.3) is 11.1 Å². The lowest BCUT2D eigenvalue weighted by Gasteiger charge is -2.18. The van der Waals surface area contributed by atoms with Gasteiger partial charge in [0, 0.05) is 10.9 Å². The van der Waals surface area contributed by atoms with Gasteiger partial charge in [-0.3, -0.25) is 0 Å². The van der Waals surface area contributed by atoms with Gasteiger partial charge in [-0.2, -0.15) is 0 Å². The van der Waals surface area contributed by atoms with E-state index in [9.17, 15) is 19.0 Å². The number of hydrogen-bond donors (Lipinski definition) is 2. The van der Waals surface area contributed by atoms with Crippen molar-refractivity contribution >= 4 is 27.1 Å². The lowest BCUT2D eigenvalue weighted by molar-refractivity contribution is 0.429. The molecule has 0 atom stereocenters. The molecule has 1 aliphatic carbocycles. The highest BCUT2D eigenvalue weighted by Crippen LogP contribution is 2.43. The molecule has 28 heavy (non-hydrogen) atoms. The largest absolute Gasteiger partial charge is 0.505 e. The zero-order valence-electron chi connectivity index (χ0n) is 15.8. The summed E-state index contributed by atoms with van der Waals surface area (Å²) in [6.07, 6.45) is 7.21. The van der Waals surface area contributed by atoms with Crippen LogP contribution in [0.5, 0.6) is 11.5 Å². The van der Waals surface area contributed by atoms with Crippen LogP contribution in [0.2, 0.25) is 0 Å². The molecule has 0 aliphatic heterocycles. The molecule has 0 heterocycles. The monoisotopic (exact) mass is 450 g/mol. The lowest BCUT2D eigenvalue weighted by atomic mass is 9.88. The van der Waals surface area contributed by atoms with Crippen LogP contribution in [-0.4, -0.2) is 15.5 Å². The van der Waals surface area contributed by atoms with Crippen LogP contribution in [0.15, 0.2) is 30.3 Å². The van der Waals surface area contributed by atoms with Crippen LogP contribution in [-0.2, 0) is 6.42 Å². The molecular formula is C23H25BrF2O2. The van der Waals surface area contributed by atoms with Gasteiger partial charge in [0.1, 0.15) is 0 Å². The predicted molar refractivity (Wildman–Crippen MR) is 113 cm³/mol. The number of phenols is 2. The van der Waals surface area contributed by atoms with Gasteiger partial charge in [0.2, 0.25) is 0 Å². The smallest absolute Gasteiger partial charge is 0.165 e. The highest BCUT2D eigenvalue weighted by Gasteiger charge is 2.23. The Kier molecular flexibility index (Phi) is 7.11. The highest BCUT2D eigenvalue weighted by molar-refractivity contribution is 9.09. The van der Waals surface area contributed by atoms with Gasteiger partial charge in [-0.05, 0) is 79.0 Å². The van der Waals surface area contributed by atoms with E-state index in [1.54, 1.807) is 12.1 Å². The first kappa shape index (κ1) is 20.8. The second-order valence-electron chi connectivity index (χ2n) is 7.26. The molecule has 0 unspecified atom stereocenters. The van der Waals surface area contributed by atoms with Gasteiger partial charge in [0.05, 0.1) is 0 Å². The van der Waals surface area contributed by atoms with Crippen molar-refractivity contribution in [3.8, 4) is 11.5 Å². The number of unbranched alkanes of at least 4 members (excludes halogenated alkanes) is 3. The minimum absolute atomic E-state index is 0.307. The average molecular weight is 451 g/mol. The van der Waals surface area contributed by atoms with E-state index in [2.05, 4.69) is 15.9 Å². The lowest BCUT2D eigenvalue weighted by Crippen LogP contribution is -1.97. The molecule has 2 nitrogen and oxygen atoms in total. The van der Waals surface area contributed by atoms with Crippen molar-refractivity contribution in [2.75, 3.05) is 5.33 Å². The van der Waals surface area contributed by atoms with Gasteiger partial charge in [0.25, 0.3) is 0 Å². The third-order valence-electron chi connectivity index (χ3n) is 5.36. The van der Waals surface area contributed by atoms with Gasteiger partial charge in [-0.25, -0.2) is 8.78 Å². The summed E-state index contributed by atoms with van der Waals surface area (Å²) in [7, 11) is 0. The molecule has 2 N–H and O–H groups in total. The highest BCUT2D eigenvalue weighted by atomic mass is 79.9. The first-order valence-corrected chi connectivity index (χ1v) is 10.9. The zero-order chi connectivity index (χ0) is 20.1. The summed E-state index contributed by atoms with van der Waals surface area (Å²) in [5.41, 5.74) is 4.11. The predicted octanol–water partition coefficient (Wildman–Crippen LogP) is 6.97. The van der Waals surface area contributed by atoms with E-state index >= 15 is 0 Å². The summed E-state index contributed by atoms with van der Waals surface area (Å²) in [6.45, 7) is 0. The van der Waals surface area contributed by atoms with Crippen LogP contribution in [0.4, 0.5) is 8.78 Å². The number of rotatable bonds is 7. The zero-order valence-corrected chi connectivity index (χ0v) is 17.4. The fourth-order valence-corrected chi connectivity index (χ4v) is 4.35. The minimum atomic E-state index is -0.663. The molecule has 0 bridgehead atoms. The summed E-state index contributed by atoms with van der Waals surface area (Å²) in [4.78, 5) is 0. The molecule has 1 aliphatic rings. The number of fused-ring (bicyclic) bond motifs is 1. The molecule has 0 saturated carbocycles. The number of benzene rings is 2. The molecule has 5 heteroatoms. The minimum Gasteiger partial charge on any atom is -0.505 e. The van der Waals surface area contributed by atoms with Crippen LogP contribution in [0.3, 0.4) is 0 Å². The fourth-order valence-electron chi connectivity index (χ4n) is 3.95. The first-order valence-electron chi connectivity index (χ1n) is 9.80. The quantitative estimate of drug-likeness (QED) is 0.353. The van der Waals surface area contributed by atoms with Crippen LogP contribution >= 0.6 is 15.9 Å². The third kappa shape index (κ3) is 4.57. The third-order valence-corrected chi connectivity index (χ3v) is 5.92. The van der Waals surface area contributed by atoms with E-state index < -0.39 is 17.4 Å². The number of allylic oxidation sites excluding steroid dienone is 2. The fraction of sp³-hybridized carbons (Fsp3) is 0.391. The Labute approximate surface area is 173 Å². The number of aromatic hydroxyl groups is 2. The van der Waals surface area contributed by atoms with E-state index in [1.165, 1.54) is 18.2 Å². The van der Waals surface area contributed by atoms with Crippen LogP contribution in [0.1, 0.15) is 61.6 Å². The Morgan fingerprint density at radius 1 is 0.893 bits per heavy atom. The maximum Gasteiger partial charge on any atom is 0.165 e. The average Bonchev–Trinajstić information content (AvgIpc) is 2.87. The molecule has 2 aromatic carbocycles. The second kappa shape index (κ2) is 9.55. The summed E-state index contributed by atoms with van der Waals surface area (Å²) >= 11 is 3.44. The topological polar surface area (TPSA) is 40.5 Å². The molecule has 0 aromatic heterocycles. The Bertz CT molecular complexity index is 877. The number of phenolic OH excluding ortho intramolecular Hbond substituents is 2. The van der Waals surface area contributed by atoms with Crippen molar-refractivity contribution in [3.63, 3.8) is 0 Å². The molecule has 3 rings (SSSR count). The molecule has 0 amide bonds.